The molecule has 0 saturated heterocycles. The summed E-state index contributed by atoms with van der Waals surface area (Å²) >= 11 is 2.17. The molecule has 1 heterocycles. The molecule has 2 aromatic rings. The highest BCUT2D eigenvalue weighted by Crippen LogP contribution is 2.34. The summed E-state index contributed by atoms with van der Waals surface area (Å²) in [6.45, 7) is 3.47. The van der Waals surface area contributed by atoms with Gasteiger partial charge in [0.15, 0.2) is 5.17 Å². The topological polar surface area (TPSA) is 58.9 Å². The van der Waals surface area contributed by atoms with Gasteiger partial charge in [0.05, 0.1) is 0 Å². The van der Waals surface area contributed by atoms with E-state index >= 15 is 0 Å². The van der Waals surface area contributed by atoms with Gasteiger partial charge in [0.1, 0.15) is 10.6 Å². The molecule has 3 rings (SSSR count). The molecule has 2 aromatic carbocycles. The molecule has 1 aliphatic rings. The van der Waals surface area contributed by atoms with E-state index in [1.54, 1.807) is 13.8 Å². The van der Waals surface area contributed by atoms with Gasteiger partial charge in [-0.2, -0.15) is 26.3 Å². The van der Waals surface area contributed by atoms with Crippen LogP contribution in [0.2, 0.25) is 0 Å². The number of ketones is 2. The molecule has 186 valence electrons. The first-order chi connectivity index (χ1) is 16.2. The van der Waals surface area contributed by atoms with Crippen LogP contribution in [0.4, 0.5) is 26.3 Å². The van der Waals surface area contributed by atoms with Crippen molar-refractivity contribution in [1.82, 2.24) is 0 Å². The molecule has 1 aliphatic heterocycles. The SMILES string of the molecule is CC1(C)N=C(SCc2ccccc2C(=O)C(F)(F)F)N=C1SCc1ccccc1C(=O)C(F)(F)F. The van der Waals surface area contributed by atoms with E-state index in [0.29, 0.717) is 5.04 Å². The number of alkyl halides is 6. The molecule has 0 radical (unpaired) electrons. The van der Waals surface area contributed by atoms with Crippen LogP contribution in [0.5, 0.6) is 0 Å². The molecule has 4 nitrogen and oxygen atoms in total. The lowest BCUT2D eigenvalue weighted by Gasteiger charge is -2.17. The minimum absolute atomic E-state index is 0.0112. The van der Waals surface area contributed by atoms with Crippen LogP contribution in [0.1, 0.15) is 45.7 Å². The van der Waals surface area contributed by atoms with Gasteiger partial charge in [0.25, 0.3) is 11.6 Å². The number of hydrogen-bond donors (Lipinski definition) is 0. The van der Waals surface area contributed by atoms with Gasteiger partial charge in [-0.05, 0) is 25.0 Å². The third kappa shape index (κ3) is 6.54. The first kappa shape index (κ1) is 27.0. The van der Waals surface area contributed by atoms with E-state index in [1.165, 1.54) is 36.4 Å². The fourth-order valence-corrected chi connectivity index (χ4v) is 5.27. The standard InChI is InChI=1S/C23H18F6N2O2S2/c1-21(2)19(34-11-13-7-3-5-9-15(13)17(32)22(24,25)26)30-20(31-21)35-12-14-8-4-6-10-16(14)18(33)23(27,28)29/h3-10H,11-12H2,1-2H3. The fraction of sp³-hybridized carbons (Fsp3) is 0.304. The summed E-state index contributed by atoms with van der Waals surface area (Å²) in [5, 5.41) is 0.750. The Morgan fingerprint density at radius 3 is 1.66 bits per heavy atom. The lowest BCUT2D eigenvalue weighted by molar-refractivity contribution is -0.0888. The van der Waals surface area contributed by atoms with Gasteiger partial charge in [-0.15, -0.1) is 11.8 Å². The second kappa shape index (κ2) is 10.2. The average molecular weight is 533 g/mol. The van der Waals surface area contributed by atoms with E-state index in [0.717, 1.165) is 35.7 Å². The van der Waals surface area contributed by atoms with Crippen molar-refractivity contribution in [3.63, 3.8) is 0 Å². The van der Waals surface area contributed by atoms with Gasteiger partial charge < -0.3 is 0 Å². The molecule has 0 amide bonds. The van der Waals surface area contributed by atoms with E-state index < -0.39 is 40.6 Å². The number of aliphatic imine (C=N–C) groups is 2. The summed E-state index contributed by atoms with van der Waals surface area (Å²) in [6.07, 6.45) is -10.00. The number of rotatable bonds is 6. The van der Waals surface area contributed by atoms with Crippen molar-refractivity contribution in [3.8, 4) is 0 Å². The Labute approximate surface area is 205 Å². The molecule has 35 heavy (non-hydrogen) atoms. The number of nitrogens with zero attached hydrogens (tertiary/aromatic N) is 2. The van der Waals surface area contributed by atoms with Gasteiger partial charge in [-0.25, -0.2) is 9.98 Å². The van der Waals surface area contributed by atoms with Crippen LogP contribution in [0.3, 0.4) is 0 Å². The number of benzene rings is 2. The van der Waals surface area contributed by atoms with Crippen molar-refractivity contribution in [2.24, 2.45) is 9.98 Å². The second-order valence-corrected chi connectivity index (χ2v) is 9.82. The van der Waals surface area contributed by atoms with Crippen LogP contribution in [-0.4, -0.2) is 39.7 Å². The van der Waals surface area contributed by atoms with Crippen molar-refractivity contribution < 1.29 is 35.9 Å². The number of thioether (sulfide) groups is 2. The molecule has 0 bridgehead atoms. The smallest absolute Gasteiger partial charge is 0.284 e. The van der Waals surface area contributed by atoms with Gasteiger partial charge >= 0.3 is 12.4 Å². The Hall–Kier alpha value is -2.60. The Morgan fingerprint density at radius 2 is 1.20 bits per heavy atom. The lowest BCUT2D eigenvalue weighted by Crippen LogP contribution is -2.25. The molecular weight excluding hydrogens is 514 g/mol. The van der Waals surface area contributed by atoms with Crippen LogP contribution in [0.15, 0.2) is 58.5 Å². The van der Waals surface area contributed by atoms with E-state index in [-0.39, 0.29) is 27.8 Å². The highest BCUT2D eigenvalue weighted by molar-refractivity contribution is 8.15. The minimum atomic E-state index is -5.00. The molecule has 0 fully saturated rings. The zero-order chi connectivity index (χ0) is 26.0. The Bertz CT molecular complexity index is 1200. The number of Topliss-reactive ketones (excluding diaryl/α,β-unsaturated/α-hetero) is 2. The van der Waals surface area contributed by atoms with Gasteiger partial charge in [-0.3, -0.25) is 9.59 Å². The summed E-state index contributed by atoms with van der Waals surface area (Å²) in [6, 6.07) is 10.8. The predicted octanol–water partition coefficient (Wildman–Crippen LogP) is 6.89. The van der Waals surface area contributed by atoms with E-state index in [1.807, 2.05) is 0 Å². The van der Waals surface area contributed by atoms with Gasteiger partial charge in [0.2, 0.25) is 0 Å². The normalized spacial score (nSPS) is 15.5. The zero-order valence-electron chi connectivity index (χ0n) is 18.3. The number of hydrogen-bond acceptors (Lipinski definition) is 6. The molecule has 12 heteroatoms. The van der Waals surface area contributed by atoms with Crippen LogP contribution >= 0.6 is 23.5 Å². The summed E-state index contributed by atoms with van der Waals surface area (Å²) in [7, 11) is 0. The largest absolute Gasteiger partial charge is 0.454 e. The molecule has 0 saturated carbocycles. The first-order valence-electron chi connectivity index (χ1n) is 10.0. The summed E-state index contributed by atoms with van der Waals surface area (Å²) in [4.78, 5) is 32.3. The van der Waals surface area contributed by atoms with Crippen LogP contribution in [0.25, 0.3) is 0 Å². The molecular formula is C23H18F6N2O2S2. The first-order valence-corrected chi connectivity index (χ1v) is 12.0. The number of carbonyl (C=O) groups excluding carboxylic acids is 2. The fourth-order valence-electron chi connectivity index (χ4n) is 3.14. The molecule has 0 unspecified atom stereocenters. The van der Waals surface area contributed by atoms with Gasteiger partial charge in [0, 0.05) is 22.6 Å². The lowest BCUT2D eigenvalue weighted by atomic mass is 10.0. The highest BCUT2D eigenvalue weighted by atomic mass is 32.2. The summed E-state index contributed by atoms with van der Waals surface area (Å²) in [5.41, 5.74) is -1.34. The van der Waals surface area contributed by atoms with E-state index in [4.69, 9.17) is 0 Å². The van der Waals surface area contributed by atoms with Crippen LogP contribution < -0.4 is 0 Å². The number of carbonyl (C=O) groups is 2. The quantitative estimate of drug-likeness (QED) is 0.300. The maximum absolute atomic E-state index is 12.9. The molecule has 0 aromatic heterocycles. The van der Waals surface area contributed by atoms with Crippen LogP contribution in [0, 0.1) is 0 Å². The van der Waals surface area contributed by atoms with Crippen LogP contribution in [-0.2, 0) is 11.5 Å². The van der Waals surface area contributed by atoms with Gasteiger partial charge in [-0.1, -0.05) is 60.3 Å². The minimum Gasteiger partial charge on any atom is -0.284 e. The monoisotopic (exact) mass is 532 g/mol. The van der Waals surface area contributed by atoms with Crippen molar-refractivity contribution in [2.45, 2.75) is 43.2 Å². The Balaban J connectivity index is 1.73. The van der Waals surface area contributed by atoms with E-state index in [2.05, 4.69) is 9.98 Å². The van der Waals surface area contributed by atoms with Crippen molar-refractivity contribution >= 4 is 45.3 Å². The highest BCUT2D eigenvalue weighted by Gasteiger charge is 2.41. The van der Waals surface area contributed by atoms with Crippen molar-refractivity contribution in [2.75, 3.05) is 0 Å². The number of amidine groups is 1. The zero-order valence-corrected chi connectivity index (χ0v) is 20.0. The Kier molecular flexibility index (Phi) is 7.85. The predicted molar refractivity (Wildman–Crippen MR) is 125 cm³/mol. The summed E-state index contributed by atoms with van der Waals surface area (Å²) in [5.74, 6) is -3.82. The maximum Gasteiger partial charge on any atom is 0.454 e. The third-order valence-corrected chi connectivity index (χ3v) is 7.07. The van der Waals surface area contributed by atoms with Crippen molar-refractivity contribution in [3.05, 3.63) is 70.8 Å². The Morgan fingerprint density at radius 1 is 0.771 bits per heavy atom. The van der Waals surface area contributed by atoms with E-state index in [9.17, 15) is 35.9 Å². The van der Waals surface area contributed by atoms with Crippen molar-refractivity contribution in [1.29, 1.82) is 0 Å². The maximum atomic E-state index is 12.9. The molecule has 0 N–H and O–H groups in total. The summed E-state index contributed by atoms with van der Waals surface area (Å²) < 4.78 is 77.4. The second-order valence-electron chi connectivity index (χ2n) is 7.92. The molecule has 0 spiro atoms. The molecule has 0 atom stereocenters. The molecule has 0 aliphatic carbocycles. The third-order valence-electron chi connectivity index (χ3n) is 4.86. The number of halogens is 6. The average Bonchev–Trinajstić information content (AvgIpc) is 3.07.